The van der Waals surface area contributed by atoms with Crippen molar-refractivity contribution in [1.29, 1.82) is 0 Å². The Hall–Kier alpha value is -0.570. The van der Waals surface area contributed by atoms with E-state index in [1.54, 1.807) is 0 Å². The van der Waals surface area contributed by atoms with Crippen LogP contribution < -0.4 is 5.32 Å². The number of rotatable bonds is 6. The molecule has 1 saturated heterocycles. The van der Waals surface area contributed by atoms with Gasteiger partial charge in [-0.15, -0.1) is 0 Å². The molecule has 0 saturated carbocycles. The van der Waals surface area contributed by atoms with Crippen molar-refractivity contribution in [3.63, 3.8) is 0 Å². The highest BCUT2D eigenvalue weighted by molar-refractivity contribution is 5.76. The fraction of sp³-hybridized carbons (Fsp3) is 0.917. The van der Waals surface area contributed by atoms with Gasteiger partial charge in [-0.25, -0.2) is 0 Å². The first-order chi connectivity index (χ1) is 7.20. The zero-order chi connectivity index (χ0) is 11.1. The molecule has 0 spiro atoms. The number of carbonyl (C=O) groups is 1. The topological polar surface area (TPSA) is 32.3 Å². The summed E-state index contributed by atoms with van der Waals surface area (Å²) in [4.78, 5) is 13.5. The molecule has 1 heterocycles. The Morgan fingerprint density at radius 3 is 2.87 bits per heavy atom. The molecule has 3 nitrogen and oxygen atoms in total. The lowest BCUT2D eigenvalue weighted by atomic mass is 10.1. The van der Waals surface area contributed by atoms with Gasteiger partial charge >= 0.3 is 0 Å². The van der Waals surface area contributed by atoms with E-state index in [4.69, 9.17) is 0 Å². The number of hydrogen-bond acceptors (Lipinski definition) is 2. The molecule has 1 aliphatic rings. The van der Waals surface area contributed by atoms with Crippen molar-refractivity contribution in [2.75, 3.05) is 26.2 Å². The maximum absolute atomic E-state index is 11.5. The third kappa shape index (κ3) is 5.17. The predicted molar refractivity (Wildman–Crippen MR) is 62.8 cm³/mol. The second-order valence-corrected chi connectivity index (χ2v) is 4.79. The van der Waals surface area contributed by atoms with Gasteiger partial charge in [-0.2, -0.15) is 0 Å². The summed E-state index contributed by atoms with van der Waals surface area (Å²) in [6.45, 7) is 8.44. The Morgan fingerprint density at radius 1 is 1.40 bits per heavy atom. The summed E-state index contributed by atoms with van der Waals surface area (Å²) < 4.78 is 0. The molecule has 0 unspecified atom stereocenters. The molecule has 0 aromatic heterocycles. The minimum Gasteiger partial charge on any atom is -0.343 e. The largest absolute Gasteiger partial charge is 0.343 e. The molecule has 0 aromatic carbocycles. The highest BCUT2D eigenvalue weighted by Crippen LogP contribution is 2.10. The van der Waals surface area contributed by atoms with Crippen molar-refractivity contribution in [3.05, 3.63) is 0 Å². The molecule has 0 radical (unpaired) electrons. The predicted octanol–water partition coefficient (Wildman–Crippen LogP) is 1.63. The second-order valence-electron chi connectivity index (χ2n) is 4.79. The summed E-state index contributed by atoms with van der Waals surface area (Å²) in [6, 6.07) is 0. The van der Waals surface area contributed by atoms with Crippen LogP contribution in [0.1, 0.15) is 39.5 Å². The number of carbonyl (C=O) groups excluding carboxylic acids is 1. The normalized spacial score (nSPS) is 17.5. The molecule has 88 valence electrons. The van der Waals surface area contributed by atoms with Gasteiger partial charge in [-0.3, -0.25) is 4.79 Å². The van der Waals surface area contributed by atoms with E-state index in [-0.39, 0.29) is 0 Å². The van der Waals surface area contributed by atoms with Crippen LogP contribution in [0.3, 0.4) is 0 Å². The molecule has 1 aliphatic heterocycles. The monoisotopic (exact) mass is 212 g/mol. The minimum atomic E-state index is 0.352. The number of hydrogen-bond donors (Lipinski definition) is 1. The molecule has 1 N–H and O–H groups in total. The van der Waals surface area contributed by atoms with Crippen molar-refractivity contribution < 1.29 is 4.79 Å². The lowest BCUT2D eigenvalue weighted by Crippen LogP contribution is -2.37. The Bertz CT molecular complexity index is 192. The van der Waals surface area contributed by atoms with E-state index in [1.807, 2.05) is 4.90 Å². The molecule has 0 aliphatic carbocycles. The number of amides is 1. The third-order valence-electron chi connectivity index (χ3n) is 2.76. The van der Waals surface area contributed by atoms with Crippen LogP contribution in [0, 0.1) is 5.92 Å². The zero-order valence-electron chi connectivity index (χ0n) is 10.1. The SMILES string of the molecule is CC(C)CNCCCN1CCCCC1=O. The zero-order valence-corrected chi connectivity index (χ0v) is 10.1. The van der Waals surface area contributed by atoms with Crippen LogP contribution >= 0.6 is 0 Å². The average molecular weight is 212 g/mol. The fourth-order valence-corrected chi connectivity index (χ4v) is 1.88. The van der Waals surface area contributed by atoms with Gasteiger partial charge in [-0.1, -0.05) is 13.8 Å². The lowest BCUT2D eigenvalue weighted by molar-refractivity contribution is -0.133. The first-order valence-electron chi connectivity index (χ1n) is 6.18. The third-order valence-corrected chi connectivity index (χ3v) is 2.76. The summed E-state index contributed by atoms with van der Waals surface area (Å²) in [5.41, 5.74) is 0. The van der Waals surface area contributed by atoms with E-state index < -0.39 is 0 Å². The molecular weight excluding hydrogens is 188 g/mol. The molecule has 1 amide bonds. The van der Waals surface area contributed by atoms with Gasteiger partial charge in [0.25, 0.3) is 0 Å². The maximum atomic E-state index is 11.5. The van der Waals surface area contributed by atoms with Crippen molar-refractivity contribution in [2.45, 2.75) is 39.5 Å². The van der Waals surface area contributed by atoms with Crippen molar-refractivity contribution in [1.82, 2.24) is 10.2 Å². The van der Waals surface area contributed by atoms with Gasteiger partial charge in [0.1, 0.15) is 0 Å². The Labute approximate surface area is 93.2 Å². The summed E-state index contributed by atoms with van der Waals surface area (Å²) >= 11 is 0. The van der Waals surface area contributed by atoms with E-state index in [0.717, 1.165) is 45.4 Å². The van der Waals surface area contributed by atoms with Gasteiger partial charge in [0.15, 0.2) is 0 Å². The Morgan fingerprint density at radius 2 is 2.20 bits per heavy atom. The van der Waals surface area contributed by atoms with E-state index in [2.05, 4.69) is 19.2 Å². The molecule has 0 atom stereocenters. The number of likely N-dealkylation sites (tertiary alicyclic amines) is 1. The summed E-state index contributed by atoms with van der Waals surface area (Å²) in [5.74, 6) is 1.06. The maximum Gasteiger partial charge on any atom is 0.222 e. The standard InChI is InChI=1S/C12H24N2O/c1-11(2)10-13-7-5-9-14-8-4-3-6-12(14)15/h11,13H,3-10H2,1-2H3. The second kappa shape index (κ2) is 6.83. The molecule has 1 fully saturated rings. The van der Waals surface area contributed by atoms with Gasteiger partial charge in [0.05, 0.1) is 0 Å². The van der Waals surface area contributed by atoms with Gasteiger partial charge in [-0.05, 0) is 38.3 Å². The molecule has 0 aromatic rings. The minimum absolute atomic E-state index is 0.352. The smallest absolute Gasteiger partial charge is 0.222 e. The average Bonchev–Trinajstić information content (AvgIpc) is 2.20. The molecule has 0 bridgehead atoms. The summed E-state index contributed by atoms with van der Waals surface area (Å²) in [7, 11) is 0. The van der Waals surface area contributed by atoms with Crippen molar-refractivity contribution in [3.8, 4) is 0 Å². The molecule has 15 heavy (non-hydrogen) atoms. The van der Waals surface area contributed by atoms with E-state index in [1.165, 1.54) is 6.42 Å². The van der Waals surface area contributed by atoms with Crippen molar-refractivity contribution >= 4 is 5.91 Å². The number of nitrogens with one attached hydrogen (secondary N) is 1. The Balaban J connectivity index is 2.01. The van der Waals surface area contributed by atoms with Crippen LogP contribution in [0.25, 0.3) is 0 Å². The first-order valence-corrected chi connectivity index (χ1v) is 6.18. The van der Waals surface area contributed by atoms with Crippen LogP contribution in [0.2, 0.25) is 0 Å². The number of nitrogens with zero attached hydrogens (tertiary/aromatic N) is 1. The molecule has 3 heteroatoms. The highest BCUT2D eigenvalue weighted by Gasteiger charge is 2.16. The lowest BCUT2D eigenvalue weighted by Gasteiger charge is -2.26. The van der Waals surface area contributed by atoms with Gasteiger partial charge < -0.3 is 10.2 Å². The van der Waals surface area contributed by atoms with E-state index in [0.29, 0.717) is 11.8 Å². The van der Waals surface area contributed by atoms with Gasteiger partial charge in [0, 0.05) is 19.5 Å². The van der Waals surface area contributed by atoms with E-state index in [9.17, 15) is 4.79 Å². The van der Waals surface area contributed by atoms with Gasteiger partial charge in [0.2, 0.25) is 5.91 Å². The van der Waals surface area contributed by atoms with Crippen LogP contribution in [-0.4, -0.2) is 37.0 Å². The Kier molecular flexibility index (Phi) is 5.69. The van der Waals surface area contributed by atoms with Crippen LogP contribution in [0.5, 0.6) is 0 Å². The number of piperidine rings is 1. The van der Waals surface area contributed by atoms with Crippen LogP contribution in [0.4, 0.5) is 0 Å². The summed E-state index contributed by atoms with van der Waals surface area (Å²) in [5, 5.41) is 3.40. The van der Waals surface area contributed by atoms with Crippen LogP contribution in [-0.2, 0) is 4.79 Å². The summed E-state index contributed by atoms with van der Waals surface area (Å²) in [6.07, 6.45) is 4.12. The molecule has 1 rings (SSSR count). The molecular formula is C12H24N2O. The van der Waals surface area contributed by atoms with Crippen LogP contribution in [0.15, 0.2) is 0 Å². The van der Waals surface area contributed by atoms with Crippen molar-refractivity contribution in [2.24, 2.45) is 5.92 Å². The van der Waals surface area contributed by atoms with E-state index >= 15 is 0 Å². The quantitative estimate of drug-likeness (QED) is 0.679. The fourth-order valence-electron chi connectivity index (χ4n) is 1.88. The first kappa shape index (κ1) is 12.5. The highest BCUT2D eigenvalue weighted by atomic mass is 16.2.